The second-order valence-electron chi connectivity index (χ2n) is 9.64. The average molecular weight is 459 g/mol. The van der Waals surface area contributed by atoms with Crippen LogP contribution in [0.4, 0.5) is 0 Å². The second-order valence-corrected chi connectivity index (χ2v) is 9.64. The summed E-state index contributed by atoms with van der Waals surface area (Å²) in [5.41, 5.74) is 6.47. The lowest BCUT2D eigenvalue weighted by atomic mass is 9.91. The molecule has 2 aromatic heterocycles. The van der Waals surface area contributed by atoms with Gasteiger partial charge in [-0.05, 0) is 81.6 Å². The zero-order valence-electron chi connectivity index (χ0n) is 19.9. The number of nitrogens with one attached hydrogen (secondary N) is 3. The molecular weight excluding hydrogens is 424 g/mol. The smallest absolute Gasteiger partial charge is 0.159 e. The molecule has 7 nitrogen and oxygen atoms in total. The first-order chi connectivity index (χ1) is 16.8. The van der Waals surface area contributed by atoms with Crippen molar-refractivity contribution in [1.82, 2.24) is 30.4 Å². The SMILES string of the molecule is CCOCc1cccc2[nH]nc(-c3nc4ccc([C@H]5CCCCN5C5CCNCC5)cc4[nH]3)c12. The van der Waals surface area contributed by atoms with Crippen molar-refractivity contribution in [2.45, 2.75) is 57.7 Å². The quantitative estimate of drug-likeness (QED) is 0.382. The van der Waals surface area contributed by atoms with Crippen LogP contribution in [0.1, 0.15) is 56.2 Å². The summed E-state index contributed by atoms with van der Waals surface area (Å²) in [4.78, 5) is 11.3. The Balaban J connectivity index is 1.34. The fourth-order valence-electron chi connectivity index (χ4n) is 5.88. The monoisotopic (exact) mass is 458 g/mol. The summed E-state index contributed by atoms with van der Waals surface area (Å²) in [5, 5.41) is 12.4. The molecule has 7 heteroatoms. The van der Waals surface area contributed by atoms with Crippen LogP contribution in [0.15, 0.2) is 36.4 Å². The highest BCUT2D eigenvalue weighted by atomic mass is 16.5. The molecule has 2 saturated heterocycles. The van der Waals surface area contributed by atoms with Gasteiger partial charge in [-0.15, -0.1) is 0 Å². The van der Waals surface area contributed by atoms with Crippen LogP contribution in [-0.2, 0) is 11.3 Å². The van der Waals surface area contributed by atoms with Gasteiger partial charge in [0, 0.05) is 24.1 Å². The van der Waals surface area contributed by atoms with Crippen molar-refractivity contribution in [3.63, 3.8) is 0 Å². The maximum Gasteiger partial charge on any atom is 0.159 e. The van der Waals surface area contributed by atoms with E-state index < -0.39 is 0 Å². The van der Waals surface area contributed by atoms with Gasteiger partial charge in [0.25, 0.3) is 0 Å². The van der Waals surface area contributed by atoms with Crippen molar-refractivity contribution in [2.24, 2.45) is 0 Å². The number of piperidine rings is 2. The van der Waals surface area contributed by atoms with Gasteiger partial charge in [-0.1, -0.05) is 24.6 Å². The summed E-state index contributed by atoms with van der Waals surface area (Å²) < 4.78 is 5.71. The van der Waals surface area contributed by atoms with Gasteiger partial charge in [0.1, 0.15) is 5.69 Å². The van der Waals surface area contributed by atoms with Gasteiger partial charge < -0.3 is 15.0 Å². The number of hydrogen-bond acceptors (Lipinski definition) is 5. The zero-order chi connectivity index (χ0) is 22.9. The zero-order valence-corrected chi connectivity index (χ0v) is 19.9. The van der Waals surface area contributed by atoms with Crippen molar-refractivity contribution in [3.8, 4) is 11.5 Å². The van der Waals surface area contributed by atoms with Crippen LogP contribution in [0.2, 0.25) is 0 Å². The minimum absolute atomic E-state index is 0.497. The average Bonchev–Trinajstić information content (AvgIpc) is 3.52. The van der Waals surface area contributed by atoms with Gasteiger partial charge in [-0.2, -0.15) is 5.10 Å². The Morgan fingerprint density at radius 1 is 1.06 bits per heavy atom. The Labute approximate surface area is 200 Å². The van der Waals surface area contributed by atoms with Gasteiger partial charge in [0.15, 0.2) is 5.82 Å². The number of H-pyrrole nitrogens is 2. The van der Waals surface area contributed by atoms with E-state index in [1.165, 1.54) is 44.2 Å². The molecule has 0 saturated carbocycles. The van der Waals surface area contributed by atoms with E-state index >= 15 is 0 Å². The van der Waals surface area contributed by atoms with E-state index in [9.17, 15) is 0 Å². The molecule has 1 atom stereocenters. The highest BCUT2D eigenvalue weighted by Gasteiger charge is 2.31. The lowest BCUT2D eigenvalue weighted by Crippen LogP contribution is -2.46. The van der Waals surface area contributed by atoms with Crippen molar-refractivity contribution in [1.29, 1.82) is 0 Å². The molecule has 4 aromatic rings. The molecule has 2 aliphatic rings. The Bertz CT molecular complexity index is 1270. The molecular formula is C27H34N6O. The third kappa shape index (κ3) is 4.02. The number of imidazole rings is 1. The maximum atomic E-state index is 5.71. The fourth-order valence-corrected chi connectivity index (χ4v) is 5.88. The molecule has 6 rings (SSSR count). The molecule has 0 aliphatic carbocycles. The molecule has 0 amide bonds. The third-order valence-electron chi connectivity index (χ3n) is 7.57. The van der Waals surface area contributed by atoms with Crippen molar-refractivity contribution in [3.05, 3.63) is 47.5 Å². The third-order valence-corrected chi connectivity index (χ3v) is 7.57. The van der Waals surface area contributed by atoms with Crippen molar-refractivity contribution >= 4 is 21.9 Å². The van der Waals surface area contributed by atoms with Gasteiger partial charge in [0.05, 0.1) is 23.2 Å². The Morgan fingerprint density at radius 3 is 2.85 bits per heavy atom. The van der Waals surface area contributed by atoms with E-state index in [1.54, 1.807) is 0 Å². The maximum absolute atomic E-state index is 5.71. The first kappa shape index (κ1) is 21.8. The number of likely N-dealkylation sites (tertiary alicyclic amines) is 1. The largest absolute Gasteiger partial charge is 0.377 e. The van der Waals surface area contributed by atoms with Crippen molar-refractivity contribution < 1.29 is 4.74 Å². The van der Waals surface area contributed by atoms with Crippen LogP contribution >= 0.6 is 0 Å². The topological polar surface area (TPSA) is 81.9 Å². The minimum Gasteiger partial charge on any atom is -0.377 e. The minimum atomic E-state index is 0.497. The highest BCUT2D eigenvalue weighted by molar-refractivity contribution is 5.95. The Kier molecular flexibility index (Phi) is 6.07. The summed E-state index contributed by atoms with van der Waals surface area (Å²) in [6.45, 7) is 6.76. The number of fused-ring (bicyclic) bond motifs is 2. The molecule has 2 aliphatic heterocycles. The molecule has 3 N–H and O–H groups in total. The summed E-state index contributed by atoms with van der Waals surface area (Å²) >= 11 is 0. The molecule has 0 bridgehead atoms. The summed E-state index contributed by atoms with van der Waals surface area (Å²) in [5.74, 6) is 0.807. The predicted molar refractivity (Wildman–Crippen MR) is 136 cm³/mol. The number of aromatic nitrogens is 4. The van der Waals surface area contributed by atoms with Crippen LogP contribution in [-0.4, -0.2) is 57.3 Å². The summed E-state index contributed by atoms with van der Waals surface area (Å²) in [6, 6.07) is 14.2. The van der Waals surface area contributed by atoms with Crippen LogP contribution in [0.5, 0.6) is 0 Å². The molecule has 2 aromatic carbocycles. The normalized spacial score (nSPS) is 20.4. The number of nitrogens with zero attached hydrogens (tertiary/aromatic N) is 3. The van der Waals surface area contributed by atoms with E-state index in [0.29, 0.717) is 25.3 Å². The van der Waals surface area contributed by atoms with Gasteiger partial charge in [0.2, 0.25) is 0 Å². The lowest BCUT2D eigenvalue weighted by molar-refractivity contribution is 0.0760. The van der Waals surface area contributed by atoms with Crippen LogP contribution in [0.3, 0.4) is 0 Å². The highest BCUT2D eigenvalue weighted by Crippen LogP contribution is 2.36. The molecule has 34 heavy (non-hydrogen) atoms. The van der Waals surface area contributed by atoms with Gasteiger partial charge in [-0.25, -0.2) is 4.98 Å². The van der Waals surface area contributed by atoms with E-state index in [1.807, 2.05) is 13.0 Å². The predicted octanol–water partition coefficient (Wildman–Crippen LogP) is 4.92. The number of hydrogen-bond donors (Lipinski definition) is 3. The Hall–Kier alpha value is -2.74. The number of rotatable bonds is 6. The number of ether oxygens (including phenoxy) is 1. The second kappa shape index (κ2) is 9.49. The molecule has 4 heterocycles. The summed E-state index contributed by atoms with van der Waals surface area (Å²) in [7, 11) is 0. The van der Waals surface area contributed by atoms with E-state index in [2.05, 4.69) is 55.7 Å². The molecule has 0 radical (unpaired) electrons. The molecule has 0 spiro atoms. The van der Waals surface area contributed by atoms with Crippen LogP contribution < -0.4 is 5.32 Å². The number of benzene rings is 2. The van der Waals surface area contributed by atoms with E-state index in [-0.39, 0.29) is 0 Å². The molecule has 178 valence electrons. The standard InChI is InChI=1S/C27H34N6O/c1-2-34-17-19-6-5-7-22-25(19)26(32-31-22)27-29-21-10-9-18(16-23(21)30-27)24-8-3-4-15-33(24)20-11-13-28-14-12-20/h5-7,9-10,16,20,24,28H,2-4,8,11-15,17H2,1H3,(H,29,30)(H,31,32)/t24-/m1/s1. The Morgan fingerprint density at radius 2 is 1.97 bits per heavy atom. The molecule has 2 fully saturated rings. The van der Waals surface area contributed by atoms with E-state index in [4.69, 9.17) is 9.72 Å². The fraction of sp³-hybridized carbons (Fsp3) is 0.481. The summed E-state index contributed by atoms with van der Waals surface area (Å²) in [6.07, 6.45) is 6.36. The molecule has 0 unspecified atom stereocenters. The number of aromatic amines is 2. The van der Waals surface area contributed by atoms with Gasteiger partial charge >= 0.3 is 0 Å². The first-order valence-electron chi connectivity index (χ1n) is 12.8. The van der Waals surface area contributed by atoms with Crippen molar-refractivity contribution in [2.75, 3.05) is 26.2 Å². The van der Waals surface area contributed by atoms with Crippen LogP contribution in [0, 0.1) is 0 Å². The van der Waals surface area contributed by atoms with Crippen LogP contribution in [0.25, 0.3) is 33.5 Å². The van der Waals surface area contributed by atoms with E-state index in [0.717, 1.165) is 52.1 Å². The van der Waals surface area contributed by atoms with Gasteiger partial charge in [-0.3, -0.25) is 10.00 Å². The first-order valence-corrected chi connectivity index (χ1v) is 12.8. The lowest BCUT2D eigenvalue weighted by Gasteiger charge is -2.43.